The number of imidazole rings is 1. The first kappa shape index (κ1) is 29.5. The number of fused-ring (bicyclic) bond motifs is 1. The van der Waals surface area contributed by atoms with Crippen LogP contribution in [0.4, 0.5) is 0 Å². The normalized spacial score (nSPS) is 11.2. The summed E-state index contributed by atoms with van der Waals surface area (Å²) >= 11 is 0. The minimum atomic E-state index is -0.0489. The molecule has 2 rings (SSSR count). The standard InChI is InChI=1S/C15H23N3O.C10H17N.C2H6/c1-4-5-9-17(2)10-8-12-6-7-13-14(11-12)18(3)15(19)16-13;1-4-7-10(8-5-2)9-11-6-3;1-2/h6-7,11H,4-5,8-10H2,1-3H3,(H,16,19);4,6-8,11H,3,5,9H2,1-2H3;1-2H3/b;7-4-,10-8+;. The van der Waals surface area contributed by atoms with Crippen LogP contribution in [-0.4, -0.2) is 41.1 Å². The monoisotopic (exact) mass is 442 g/mol. The van der Waals surface area contributed by atoms with Crippen molar-refractivity contribution in [2.75, 3.05) is 26.7 Å². The third-order valence-corrected chi connectivity index (χ3v) is 4.94. The molecule has 2 N–H and O–H groups in total. The van der Waals surface area contributed by atoms with E-state index >= 15 is 0 Å². The van der Waals surface area contributed by atoms with Crippen molar-refractivity contribution < 1.29 is 0 Å². The molecule has 0 fully saturated rings. The van der Waals surface area contributed by atoms with Crippen LogP contribution in [0.3, 0.4) is 0 Å². The summed E-state index contributed by atoms with van der Waals surface area (Å²) in [4.78, 5) is 16.7. The zero-order chi connectivity index (χ0) is 24.4. The van der Waals surface area contributed by atoms with Crippen molar-refractivity contribution in [3.8, 4) is 0 Å². The van der Waals surface area contributed by atoms with E-state index in [0.29, 0.717) is 0 Å². The van der Waals surface area contributed by atoms with Crippen LogP contribution in [0.2, 0.25) is 0 Å². The van der Waals surface area contributed by atoms with E-state index in [-0.39, 0.29) is 5.69 Å². The smallest absolute Gasteiger partial charge is 0.326 e. The van der Waals surface area contributed by atoms with Gasteiger partial charge in [-0.05, 0) is 69.2 Å². The molecule has 1 aromatic carbocycles. The molecule has 0 aliphatic rings. The fourth-order valence-electron chi connectivity index (χ4n) is 3.15. The van der Waals surface area contributed by atoms with Crippen molar-refractivity contribution in [1.82, 2.24) is 19.8 Å². The van der Waals surface area contributed by atoms with Crippen LogP contribution in [0.5, 0.6) is 0 Å². The largest absolute Gasteiger partial charge is 0.387 e. The lowest BCUT2D eigenvalue weighted by Gasteiger charge is -2.15. The number of likely N-dealkylation sites (N-methyl/N-ethyl adjacent to an activating group) is 1. The van der Waals surface area contributed by atoms with E-state index in [2.05, 4.69) is 67.0 Å². The van der Waals surface area contributed by atoms with Gasteiger partial charge in [-0.15, -0.1) is 0 Å². The summed E-state index contributed by atoms with van der Waals surface area (Å²) in [6.45, 7) is 17.1. The molecule has 0 radical (unpaired) electrons. The third kappa shape index (κ3) is 11.2. The van der Waals surface area contributed by atoms with Crippen LogP contribution in [0, 0.1) is 0 Å². The Kier molecular flexibility index (Phi) is 16.7. The summed E-state index contributed by atoms with van der Waals surface area (Å²) in [5.41, 5.74) is 4.45. The lowest BCUT2D eigenvalue weighted by molar-refractivity contribution is 0.332. The first-order chi connectivity index (χ1) is 15.5. The van der Waals surface area contributed by atoms with Gasteiger partial charge in [-0.25, -0.2) is 4.79 Å². The number of benzene rings is 1. The van der Waals surface area contributed by atoms with E-state index in [9.17, 15) is 4.79 Å². The minimum Gasteiger partial charge on any atom is -0.387 e. The molecule has 0 saturated carbocycles. The second kappa shape index (κ2) is 18.1. The molecule has 1 aromatic heterocycles. The van der Waals surface area contributed by atoms with Crippen LogP contribution in [0.25, 0.3) is 11.0 Å². The average molecular weight is 443 g/mol. The Balaban J connectivity index is 0.000000635. The Morgan fingerprint density at radius 1 is 1.25 bits per heavy atom. The molecule has 0 aliphatic carbocycles. The summed E-state index contributed by atoms with van der Waals surface area (Å²) in [6.07, 6.45) is 12.7. The molecule has 5 nitrogen and oxygen atoms in total. The molecule has 0 bridgehead atoms. The predicted molar refractivity (Wildman–Crippen MR) is 142 cm³/mol. The average Bonchev–Trinajstić information content (AvgIpc) is 3.09. The highest BCUT2D eigenvalue weighted by atomic mass is 16.1. The summed E-state index contributed by atoms with van der Waals surface area (Å²) in [7, 11) is 3.97. The first-order valence-corrected chi connectivity index (χ1v) is 12.0. The van der Waals surface area contributed by atoms with Crippen molar-refractivity contribution in [3.63, 3.8) is 0 Å². The molecule has 5 heteroatoms. The summed E-state index contributed by atoms with van der Waals surface area (Å²) in [5, 5.41) is 3.06. The van der Waals surface area contributed by atoms with E-state index in [4.69, 9.17) is 0 Å². The topological polar surface area (TPSA) is 53.1 Å². The lowest BCUT2D eigenvalue weighted by Crippen LogP contribution is -2.22. The molecule has 0 spiro atoms. The first-order valence-electron chi connectivity index (χ1n) is 12.0. The van der Waals surface area contributed by atoms with E-state index in [1.807, 2.05) is 32.9 Å². The fraction of sp³-hybridized carbons (Fsp3) is 0.519. The van der Waals surface area contributed by atoms with Crippen molar-refractivity contribution in [1.29, 1.82) is 0 Å². The molecule has 0 saturated heterocycles. The maximum atomic E-state index is 11.5. The number of unbranched alkanes of at least 4 members (excludes halogenated alkanes) is 1. The van der Waals surface area contributed by atoms with Crippen LogP contribution >= 0.6 is 0 Å². The zero-order valence-corrected chi connectivity index (χ0v) is 21.5. The number of hydrogen-bond donors (Lipinski definition) is 2. The van der Waals surface area contributed by atoms with E-state index in [1.54, 1.807) is 17.8 Å². The van der Waals surface area contributed by atoms with Crippen LogP contribution < -0.4 is 11.0 Å². The molecule has 2 aromatic rings. The molecular weight excluding hydrogens is 396 g/mol. The van der Waals surface area contributed by atoms with Crippen molar-refractivity contribution in [2.45, 2.75) is 60.3 Å². The number of hydrogen-bond acceptors (Lipinski definition) is 3. The number of nitrogens with zero attached hydrogens (tertiary/aromatic N) is 2. The van der Waals surface area contributed by atoms with Gasteiger partial charge in [0.1, 0.15) is 0 Å². The third-order valence-electron chi connectivity index (χ3n) is 4.94. The van der Waals surface area contributed by atoms with E-state index < -0.39 is 0 Å². The number of nitrogens with one attached hydrogen (secondary N) is 2. The van der Waals surface area contributed by atoms with E-state index in [1.165, 1.54) is 24.0 Å². The zero-order valence-electron chi connectivity index (χ0n) is 21.5. The van der Waals surface area contributed by atoms with Crippen LogP contribution in [-0.2, 0) is 13.5 Å². The molecule has 32 heavy (non-hydrogen) atoms. The van der Waals surface area contributed by atoms with Gasteiger partial charge in [0, 0.05) is 20.1 Å². The Morgan fingerprint density at radius 2 is 1.97 bits per heavy atom. The maximum Gasteiger partial charge on any atom is 0.326 e. The van der Waals surface area contributed by atoms with Crippen molar-refractivity contribution >= 4 is 11.0 Å². The van der Waals surface area contributed by atoms with Gasteiger partial charge >= 0.3 is 5.69 Å². The van der Waals surface area contributed by atoms with Gasteiger partial charge in [-0.3, -0.25) is 4.57 Å². The Bertz CT molecular complexity index is 873. The highest BCUT2D eigenvalue weighted by Gasteiger charge is 2.05. The highest BCUT2D eigenvalue weighted by Crippen LogP contribution is 2.12. The fourth-order valence-corrected chi connectivity index (χ4v) is 3.15. The summed E-state index contributed by atoms with van der Waals surface area (Å²) in [6, 6.07) is 6.21. The number of aromatic amines is 1. The number of allylic oxidation sites excluding steroid dienone is 2. The van der Waals surface area contributed by atoms with E-state index in [0.717, 1.165) is 43.5 Å². The molecule has 0 aliphatic heterocycles. The molecule has 1 heterocycles. The summed E-state index contributed by atoms with van der Waals surface area (Å²) in [5.74, 6) is 0. The van der Waals surface area contributed by atoms with Crippen LogP contribution in [0.15, 0.2) is 59.6 Å². The number of aromatic nitrogens is 2. The number of aryl methyl sites for hydroxylation is 1. The van der Waals surface area contributed by atoms with Gasteiger partial charge in [-0.1, -0.05) is 65.0 Å². The second-order valence-corrected chi connectivity index (χ2v) is 7.52. The van der Waals surface area contributed by atoms with Gasteiger partial charge in [0.25, 0.3) is 0 Å². The molecule has 180 valence electrons. The minimum absolute atomic E-state index is 0.0489. The number of H-pyrrole nitrogens is 1. The van der Waals surface area contributed by atoms with Crippen LogP contribution in [0.1, 0.15) is 59.4 Å². The van der Waals surface area contributed by atoms with Gasteiger partial charge in [-0.2, -0.15) is 0 Å². The second-order valence-electron chi connectivity index (χ2n) is 7.52. The highest BCUT2D eigenvalue weighted by molar-refractivity contribution is 5.75. The Hall–Kier alpha value is -2.53. The Morgan fingerprint density at radius 3 is 2.56 bits per heavy atom. The Labute approximate surface area is 195 Å². The van der Waals surface area contributed by atoms with Gasteiger partial charge in [0.15, 0.2) is 0 Å². The van der Waals surface area contributed by atoms with Gasteiger partial charge in [0.2, 0.25) is 0 Å². The number of rotatable bonds is 11. The maximum absolute atomic E-state index is 11.5. The quantitative estimate of drug-likeness (QED) is 0.433. The van der Waals surface area contributed by atoms with Gasteiger partial charge in [0.05, 0.1) is 11.0 Å². The predicted octanol–water partition coefficient (Wildman–Crippen LogP) is 5.80. The van der Waals surface area contributed by atoms with Crippen molar-refractivity contribution in [2.24, 2.45) is 7.05 Å². The molecule has 0 atom stereocenters. The molecule has 0 amide bonds. The van der Waals surface area contributed by atoms with Crippen molar-refractivity contribution in [3.05, 3.63) is 70.8 Å². The lowest BCUT2D eigenvalue weighted by atomic mass is 10.1. The van der Waals surface area contributed by atoms with Gasteiger partial charge < -0.3 is 15.2 Å². The SMILES string of the molecule is C=CNCC(/C=C\C)=C/CC.CC.CCCCN(C)CCc1ccc2[nH]c(=O)n(C)c2c1. The molecular formula is C27H46N4O. The molecule has 0 unspecified atom stereocenters. The summed E-state index contributed by atoms with van der Waals surface area (Å²) < 4.78 is 1.67.